The number of hydrogen-bond donors (Lipinski definition) is 2. The lowest BCUT2D eigenvalue weighted by Crippen LogP contribution is -2.42. The first-order valence-corrected chi connectivity index (χ1v) is 7.03. The molecule has 1 aromatic rings. The standard InChI is InChI=1S/C14H18ClN3O3/c1-17-13(19)11-4-3-5-18(11)12-9(14(20)21-2)6-8(16)7-10(12)15/h6-7,11H,3-5,16H2,1-2H3,(H,17,19). The van der Waals surface area contributed by atoms with Gasteiger partial charge in [0.15, 0.2) is 0 Å². The van der Waals surface area contributed by atoms with Crippen LogP contribution in [0, 0.1) is 0 Å². The monoisotopic (exact) mass is 311 g/mol. The minimum atomic E-state index is -0.526. The van der Waals surface area contributed by atoms with Crippen molar-refractivity contribution in [1.29, 1.82) is 0 Å². The number of hydrogen-bond acceptors (Lipinski definition) is 5. The van der Waals surface area contributed by atoms with E-state index in [4.69, 9.17) is 22.1 Å². The summed E-state index contributed by atoms with van der Waals surface area (Å²) in [5.74, 6) is -0.627. The quantitative estimate of drug-likeness (QED) is 0.651. The first-order valence-electron chi connectivity index (χ1n) is 6.65. The summed E-state index contributed by atoms with van der Waals surface area (Å²) < 4.78 is 4.79. The molecule has 1 unspecified atom stereocenters. The fourth-order valence-electron chi connectivity index (χ4n) is 2.65. The van der Waals surface area contributed by atoms with Crippen LogP contribution in [0.1, 0.15) is 23.2 Å². The van der Waals surface area contributed by atoms with Crippen molar-refractivity contribution in [2.75, 3.05) is 31.3 Å². The zero-order valence-corrected chi connectivity index (χ0v) is 12.7. The van der Waals surface area contributed by atoms with Crippen LogP contribution in [0.3, 0.4) is 0 Å². The second-order valence-electron chi connectivity index (χ2n) is 4.86. The lowest BCUT2D eigenvalue weighted by atomic mass is 10.1. The number of carbonyl (C=O) groups is 2. The third-order valence-electron chi connectivity index (χ3n) is 3.58. The maximum absolute atomic E-state index is 12.0. The zero-order chi connectivity index (χ0) is 15.6. The van der Waals surface area contributed by atoms with Crippen LogP contribution in [-0.4, -0.2) is 38.6 Å². The van der Waals surface area contributed by atoms with Crippen molar-refractivity contribution in [3.63, 3.8) is 0 Å². The van der Waals surface area contributed by atoms with Gasteiger partial charge >= 0.3 is 5.97 Å². The van der Waals surface area contributed by atoms with Crippen LogP contribution in [0.25, 0.3) is 0 Å². The van der Waals surface area contributed by atoms with Crippen LogP contribution in [0.4, 0.5) is 11.4 Å². The molecule has 1 aromatic carbocycles. The first-order chi connectivity index (χ1) is 9.99. The van der Waals surface area contributed by atoms with Crippen molar-refractivity contribution in [3.8, 4) is 0 Å². The number of rotatable bonds is 3. The van der Waals surface area contributed by atoms with E-state index in [1.165, 1.54) is 13.2 Å². The highest BCUT2D eigenvalue weighted by molar-refractivity contribution is 6.34. The Morgan fingerprint density at radius 3 is 2.81 bits per heavy atom. The molecule has 1 atom stereocenters. The van der Waals surface area contributed by atoms with Crippen molar-refractivity contribution >= 4 is 34.9 Å². The first kappa shape index (κ1) is 15.4. The number of nitrogens with one attached hydrogen (secondary N) is 1. The third kappa shape index (κ3) is 2.90. The molecule has 3 N–H and O–H groups in total. The van der Waals surface area contributed by atoms with Gasteiger partial charge in [0, 0.05) is 19.3 Å². The Balaban J connectivity index is 2.51. The number of nitrogens with two attached hydrogens (primary N) is 1. The van der Waals surface area contributed by atoms with E-state index in [0.717, 1.165) is 6.42 Å². The summed E-state index contributed by atoms with van der Waals surface area (Å²) >= 11 is 6.27. The highest BCUT2D eigenvalue weighted by Gasteiger charge is 2.34. The Hall–Kier alpha value is -1.95. The van der Waals surface area contributed by atoms with E-state index in [-0.39, 0.29) is 17.5 Å². The topological polar surface area (TPSA) is 84.7 Å². The van der Waals surface area contributed by atoms with Crippen molar-refractivity contribution in [2.45, 2.75) is 18.9 Å². The average molecular weight is 312 g/mol. The molecule has 1 aliphatic rings. The van der Waals surface area contributed by atoms with Gasteiger partial charge < -0.3 is 20.7 Å². The van der Waals surface area contributed by atoms with Gasteiger partial charge in [0.05, 0.1) is 23.4 Å². The third-order valence-corrected chi connectivity index (χ3v) is 3.87. The number of nitrogen functional groups attached to an aromatic ring is 1. The molecule has 6 nitrogen and oxygen atoms in total. The van der Waals surface area contributed by atoms with Gasteiger partial charge in [-0.2, -0.15) is 0 Å². The molecule has 114 valence electrons. The molecule has 0 saturated carbocycles. The SMILES string of the molecule is CNC(=O)C1CCCN1c1c(Cl)cc(N)cc1C(=O)OC. The lowest BCUT2D eigenvalue weighted by molar-refractivity contribution is -0.121. The van der Waals surface area contributed by atoms with Crippen LogP contribution in [0.2, 0.25) is 5.02 Å². The number of carbonyl (C=O) groups excluding carboxylic acids is 2. The van der Waals surface area contributed by atoms with Crippen molar-refractivity contribution in [3.05, 3.63) is 22.7 Å². The average Bonchev–Trinajstić information content (AvgIpc) is 2.93. The summed E-state index contributed by atoms with van der Waals surface area (Å²) in [7, 11) is 2.88. The predicted molar refractivity (Wildman–Crippen MR) is 81.6 cm³/mol. The van der Waals surface area contributed by atoms with Gasteiger partial charge in [-0.15, -0.1) is 0 Å². The smallest absolute Gasteiger partial charge is 0.340 e. The lowest BCUT2D eigenvalue weighted by Gasteiger charge is -2.28. The minimum absolute atomic E-state index is 0.101. The van der Waals surface area contributed by atoms with Gasteiger partial charge in [-0.3, -0.25) is 4.79 Å². The van der Waals surface area contributed by atoms with Crippen LogP contribution >= 0.6 is 11.6 Å². The maximum atomic E-state index is 12.0. The van der Waals surface area contributed by atoms with Gasteiger partial charge in [0.2, 0.25) is 5.91 Å². The minimum Gasteiger partial charge on any atom is -0.465 e. The van der Waals surface area contributed by atoms with Gasteiger partial charge in [-0.25, -0.2) is 4.79 Å². The Morgan fingerprint density at radius 2 is 2.19 bits per heavy atom. The molecule has 0 radical (unpaired) electrons. The number of likely N-dealkylation sites (N-methyl/N-ethyl adjacent to an activating group) is 1. The van der Waals surface area contributed by atoms with Crippen LogP contribution < -0.4 is 16.0 Å². The van der Waals surface area contributed by atoms with Gasteiger partial charge in [-0.05, 0) is 25.0 Å². The highest BCUT2D eigenvalue weighted by Crippen LogP contribution is 2.37. The van der Waals surface area contributed by atoms with Crippen LogP contribution in [0.5, 0.6) is 0 Å². The molecule has 7 heteroatoms. The molecular formula is C14H18ClN3O3. The van der Waals surface area contributed by atoms with Crippen LogP contribution in [-0.2, 0) is 9.53 Å². The van der Waals surface area contributed by atoms with Gasteiger partial charge in [0.25, 0.3) is 0 Å². The fourth-order valence-corrected chi connectivity index (χ4v) is 2.99. The summed E-state index contributed by atoms with van der Waals surface area (Å²) in [6.45, 7) is 0.645. The Bertz CT molecular complexity index is 577. The maximum Gasteiger partial charge on any atom is 0.340 e. The molecule has 1 fully saturated rings. The summed E-state index contributed by atoms with van der Waals surface area (Å²) in [6.07, 6.45) is 1.56. The number of anilines is 2. The molecule has 1 saturated heterocycles. The molecule has 1 aliphatic heterocycles. The molecule has 2 rings (SSSR count). The Morgan fingerprint density at radius 1 is 1.48 bits per heavy atom. The number of ether oxygens (including phenoxy) is 1. The van der Waals surface area contributed by atoms with E-state index in [9.17, 15) is 9.59 Å². The summed E-state index contributed by atoms with van der Waals surface area (Å²) in [4.78, 5) is 25.8. The van der Waals surface area contributed by atoms with Gasteiger partial charge in [0.1, 0.15) is 6.04 Å². The largest absolute Gasteiger partial charge is 0.465 e. The number of methoxy groups -OCH3 is 1. The molecular weight excluding hydrogens is 294 g/mol. The zero-order valence-electron chi connectivity index (χ0n) is 12.0. The second-order valence-corrected chi connectivity index (χ2v) is 5.26. The van der Waals surface area contributed by atoms with Crippen molar-refractivity contribution < 1.29 is 14.3 Å². The fraction of sp³-hybridized carbons (Fsp3) is 0.429. The summed E-state index contributed by atoms with van der Waals surface area (Å²) in [5.41, 5.74) is 6.90. The number of amides is 1. The summed E-state index contributed by atoms with van der Waals surface area (Å²) in [5, 5.41) is 2.97. The number of esters is 1. The molecule has 1 amide bonds. The van der Waals surface area contributed by atoms with E-state index < -0.39 is 5.97 Å². The van der Waals surface area contributed by atoms with Gasteiger partial charge in [-0.1, -0.05) is 11.6 Å². The van der Waals surface area contributed by atoms with Crippen molar-refractivity contribution in [2.24, 2.45) is 0 Å². The molecule has 0 bridgehead atoms. The summed E-state index contributed by atoms with van der Waals surface area (Å²) in [6, 6.07) is 2.74. The Kier molecular flexibility index (Phi) is 4.57. The van der Waals surface area contributed by atoms with E-state index in [2.05, 4.69) is 5.32 Å². The van der Waals surface area contributed by atoms with Crippen molar-refractivity contribution in [1.82, 2.24) is 5.32 Å². The molecule has 1 heterocycles. The molecule has 0 spiro atoms. The van der Waals surface area contributed by atoms with E-state index in [1.807, 2.05) is 4.90 Å². The normalized spacial score (nSPS) is 17.7. The number of benzene rings is 1. The van der Waals surface area contributed by atoms with E-state index in [0.29, 0.717) is 29.4 Å². The number of nitrogens with zero attached hydrogens (tertiary/aromatic N) is 1. The molecule has 0 aliphatic carbocycles. The van der Waals surface area contributed by atoms with E-state index in [1.54, 1.807) is 13.1 Å². The van der Waals surface area contributed by atoms with Crippen LogP contribution in [0.15, 0.2) is 12.1 Å². The second kappa shape index (κ2) is 6.22. The Labute approximate surface area is 128 Å². The highest BCUT2D eigenvalue weighted by atomic mass is 35.5. The van der Waals surface area contributed by atoms with E-state index >= 15 is 0 Å². The molecule has 21 heavy (non-hydrogen) atoms. The molecule has 0 aromatic heterocycles. The predicted octanol–water partition coefficient (Wildman–Crippen LogP) is 1.42. The number of halogens is 1.